The summed E-state index contributed by atoms with van der Waals surface area (Å²) in [6.45, 7) is 2.44. The van der Waals surface area contributed by atoms with Crippen LogP contribution < -0.4 is 0 Å². The predicted molar refractivity (Wildman–Crippen MR) is 63.0 cm³/mol. The molecule has 15 heavy (non-hydrogen) atoms. The first-order chi connectivity index (χ1) is 7.36. The third kappa shape index (κ3) is 5.53. The number of unbranched alkanes of at least 4 members (excludes halogenated alkanes) is 3. The number of rotatable bonds is 6. The molecule has 1 aliphatic rings. The Morgan fingerprint density at radius 1 is 1.07 bits per heavy atom. The molecule has 1 heterocycles. The molecule has 0 aromatic rings. The average Bonchev–Trinajstić information content (AvgIpc) is 2.49. The molecule has 0 aliphatic carbocycles. The van der Waals surface area contributed by atoms with Gasteiger partial charge in [-0.15, -0.1) is 0 Å². The van der Waals surface area contributed by atoms with Crippen molar-refractivity contribution in [2.45, 2.75) is 76.9 Å². The van der Waals surface area contributed by atoms with Crippen LogP contribution in [-0.4, -0.2) is 23.9 Å². The maximum atomic E-state index is 9.12. The van der Waals surface area contributed by atoms with E-state index in [-0.39, 0.29) is 12.7 Å². The van der Waals surface area contributed by atoms with Crippen molar-refractivity contribution in [3.63, 3.8) is 0 Å². The van der Waals surface area contributed by atoms with E-state index in [2.05, 4.69) is 6.92 Å². The van der Waals surface area contributed by atoms with Crippen LogP contribution in [0, 0.1) is 0 Å². The van der Waals surface area contributed by atoms with E-state index in [0.29, 0.717) is 6.10 Å². The molecule has 1 fully saturated rings. The lowest BCUT2D eigenvalue weighted by atomic mass is 10.0. The average molecular weight is 214 g/mol. The quantitative estimate of drug-likeness (QED) is 0.688. The van der Waals surface area contributed by atoms with Crippen molar-refractivity contribution in [1.29, 1.82) is 0 Å². The second kappa shape index (κ2) is 8.12. The molecule has 0 radical (unpaired) electrons. The summed E-state index contributed by atoms with van der Waals surface area (Å²) in [4.78, 5) is 0. The van der Waals surface area contributed by atoms with Gasteiger partial charge in [0.25, 0.3) is 0 Å². The molecule has 1 N–H and O–H groups in total. The Kier molecular flexibility index (Phi) is 7.03. The molecular formula is C13H26O2. The van der Waals surface area contributed by atoms with Gasteiger partial charge in [-0.3, -0.25) is 0 Å². The molecule has 2 heteroatoms. The second-order valence-electron chi connectivity index (χ2n) is 4.70. The third-order valence-corrected chi connectivity index (χ3v) is 3.27. The fourth-order valence-electron chi connectivity index (χ4n) is 2.30. The fourth-order valence-corrected chi connectivity index (χ4v) is 2.30. The van der Waals surface area contributed by atoms with Gasteiger partial charge in [0.15, 0.2) is 0 Å². The molecule has 0 aromatic heterocycles. The SMILES string of the molecule is CCCCCC[C@H]1CCCC[C@@H](CO)O1. The largest absolute Gasteiger partial charge is 0.394 e. The van der Waals surface area contributed by atoms with Gasteiger partial charge in [0.1, 0.15) is 0 Å². The highest BCUT2D eigenvalue weighted by atomic mass is 16.5. The van der Waals surface area contributed by atoms with Gasteiger partial charge in [-0.2, -0.15) is 0 Å². The maximum Gasteiger partial charge on any atom is 0.0809 e. The number of hydrogen-bond donors (Lipinski definition) is 1. The summed E-state index contributed by atoms with van der Waals surface area (Å²) < 4.78 is 5.89. The topological polar surface area (TPSA) is 29.5 Å². The van der Waals surface area contributed by atoms with Gasteiger partial charge in [0.2, 0.25) is 0 Å². The van der Waals surface area contributed by atoms with Crippen molar-refractivity contribution in [2.24, 2.45) is 0 Å². The van der Waals surface area contributed by atoms with E-state index in [1.165, 1.54) is 51.4 Å². The van der Waals surface area contributed by atoms with Gasteiger partial charge < -0.3 is 9.84 Å². The van der Waals surface area contributed by atoms with E-state index in [1.807, 2.05) is 0 Å². The highest BCUT2D eigenvalue weighted by Gasteiger charge is 2.19. The van der Waals surface area contributed by atoms with Crippen molar-refractivity contribution in [2.75, 3.05) is 6.61 Å². The summed E-state index contributed by atoms with van der Waals surface area (Å²) in [7, 11) is 0. The Bertz CT molecular complexity index is 147. The van der Waals surface area contributed by atoms with E-state index >= 15 is 0 Å². The zero-order chi connectivity index (χ0) is 10.9. The van der Waals surface area contributed by atoms with Crippen LogP contribution >= 0.6 is 0 Å². The number of hydrogen-bond acceptors (Lipinski definition) is 2. The zero-order valence-electron chi connectivity index (χ0n) is 10.1. The molecule has 1 saturated heterocycles. The van der Waals surface area contributed by atoms with Crippen LogP contribution in [0.4, 0.5) is 0 Å². The van der Waals surface area contributed by atoms with Crippen LogP contribution in [0.1, 0.15) is 64.7 Å². The maximum absolute atomic E-state index is 9.12. The minimum Gasteiger partial charge on any atom is -0.394 e. The standard InChI is InChI=1S/C13H26O2/c1-2-3-4-5-8-12-9-6-7-10-13(11-14)15-12/h12-14H,2-11H2,1H3/t12-,13-/m0/s1. The molecule has 1 aliphatic heterocycles. The summed E-state index contributed by atoms with van der Waals surface area (Å²) >= 11 is 0. The minimum atomic E-state index is 0.115. The van der Waals surface area contributed by atoms with Crippen molar-refractivity contribution in [3.05, 3.63) is 0 Å². The summed E-state index contributed by atoms with van der Waals surface area (Å²) in [5, 5.41) is 9.12. The molecule has 0 amide bonds. The van der Waals surface area contributed by atoms with Gasteiger partial charge in [-0.25, -0.2) is 0 Å². The van der Waals surface area contributed by atoms with Gasteiger partial charge >= 0.3 is 0 Å². The molecule has 0 saturated carbocycles. The molecular weight excluding hydrogens is 188 g/mol. The van der Waals surface area contributed by atoms with Gasteiger partial charge in [0, 0.05) is 0 Å². The van der Waals surface area contributed by atoms with Crippen molar-refractivity contribution in [3.8, 4) is 0 Å². The number of ether oxygens (including phenoxy) is 1. The fraction of sp³-hybridized carbons (Fsp3) is 1.00. The van der Waals surface area contributed by atoms with E-state index in [9.17, 15) is 0 Å². The monoisotopic (exact) mass is 214 g/mol. The first-order valence-electron chi connectivity index (χ1n) is 6.63. The van der Waals surface area contributed by atoms with E-state index < -0.39 is 0 Å². The molecule has 2 atom stereocenters. The highest BCUT2D eigenvalue weighted by Crippen LogP contribution is 2.22. The van der Waals surface area contributed by atoms with Crippen LogP contribution in [0.5, 0.6) is 0 Å². The second-order valence-corrected chi connectivity index (χ2v) is 4.70. The van der Waals surface area contributed by atoms with Gasteiger partial charge in [0.05, 0.1) is 18.8 Å². The first kappa shape index (κ1) is 13.0. The molecule has 90 valence electrons. The lowest BCUT2D eigenvalue weighted by molar-refractivity contribution is -0.0392. The van der Waals surface area contributed by atoms with Gasteiger partial charge in [-0.1, -0.05) is 45.4 Å². The van der Waals surface area contributed by atoms with Crippen LogP contribution in [-0.2, 0) is 4.74 Å². The summed E-state index contributed by atoms with van der Waals surface area (Å²) in [5.41, 5.74) is 0. The summed E-state index contributed by atoms with van der Waals surface area (Å²) in [6, 6.07) is 0. The lowest BCUT2D eigenvalue weighted by Crippen LogP contribution is -2.22. The minimum absolute atomic E-state index is 0.115. The Morgan fingerprint density at radius 2 is 1.80 bits per heavy atom. The van der Waals surface area contributed by atoms with Crippen molar-refractivity contribution >= 4 is 0 Å². The number of aliphatic hydroxyl groups is 1. The molecule has 0 aromatic carbocycles. The lowest BCUT2D eigenvalue weighted by Gasteiger charge is -2.20. The molecule has 2 nitrogen and oxygen atoms in total. The van der Waals surface area contributed by atoms with E-state index in [1.54, 1.807) is 0 Å². The third-order valence-electron chi connectivity index (χ3n) is 3.27. The Balaban J connectivity index is 2.15. The molecule has 1 rings (SSSR count). The van der Waals surface area contributed by atoms with E-state index in [0.717, 1.165) is 6.42 Å². The van der Waals surface area contributed by atoms with Crippen LogP contribution in [0.15, 0.2) is 0 Å². The summed E-state index contributed by atoms with van der Waals surface area (Å²) in [6.07, 6.45) is 11.7. The Hall–Kier alpha value is -0.0800. The van der Waals surface area contributed by atoms with Crippen molar-refractivity contribution < 1.29 is 9.84 Å². The smallest absolute Gasteiger partial charge is 0.0809 e. The summed E-state index contributed by atoms with van der Waals surface area (Å²) in [5.74, 6) is 0. The zero-order valence-corrected chi connectivity index (χ0v) is 10.1. The van der Waals surface area contributed by atoms with Crippen LogP contribution in [0.2, 0.25) is 0 Å². The normalized spacial score (nSPS) is 27.6. The Labute approximate surface area is 94.0 Å². The first-order valence-corrected chi connectivity index (χ1v) is 6.63. The number of aliphatic hydroxyl groups excluding tert-OH is 1. The molecule has 0 spiro atoms. The van der Waals surface area contributed by atoms with Gasteiger partial charge in [-0.05, 0) is 19.3 Å². The van der Waals surface area contributed by atoms with Crippen LogP contribution in [0.25, 0.3) is 0 Å². The predicted octanol–water partition coefficient (Wildman–Crippen LogP) is 3.28. The molecule has 0 bridgehead atoms. The van der Waals surface area contributed by atoms with E-state index in [4.69, 9.17) is 9.84 Å². The molecule has 0 unspecified atom stereocenters. The van der Waals surface area contributed by atoms with Crippen LogP contribution in [0.3, 0.4) is 0 Å². The Morgan fingerprint density at radius 3 is 2.47 bits per heavy atom. The highest BCUT2D eigenvalue weighted by molar-refractivity contribution is 4.68. The van der Waals surface area contributed by atoms with Crippen molar-refractivity contribution in [1.82, 2.24) is 0 Å².